The maximum absolute atomic E-state index is 12.1. The van der Waals surface area contributed by atoms with Crippen molar-refractivity contribution in [2.75, 3.05) is 18.5 Å². The predicted octanol–water partition coefficient (Wildman–Crippen LogP) is 2.55. The third-order valence-electron chi connectivity index (χ3n) is 3.15. The summed E-state index contributed by atoms with van der Waals surface area (Å²) in [5.41, 5.74) is 0.933. The number of halogens is 1. The van der Waals surface area contributed by atoms with Gasteiger partial charge in [-0.15, -0.1) is 0 Å². The Kier molecular flexibility index (Phi) is 4.18. The van der Waals surface area contributed by atoms with Gasteiger partial charge in [0.1, 0.15) is 0 Å². The first-order valence-electron chi connectivity index (χ1n) is 5.92. The summed E-state index contributed by atoms with van der Waals surface area (Å²) in [6.45, 7) is 1.04. The molecule has 0 aromatic heterocycles. The minimum atomic E-state index is 0.169. The van der Waals surface area contributed by atoms with Gasteiger partial charge in [0, 0.05) is 29.7 Å². The number of nitrogens with zero attached hydrogens (tertiary/aromatic N) is 1. The number of anilines is 1. The number of rotatable bonds is 3. The predicted molar refractivity (Wildman–Crippen MR) is 73.2 cm³/mol. The molecule has 1 N–H and O–H groups in total. The van der Waals surface area contributed by atoms with Gasteiger partial charge in [-0.2, -0.15) is 0 Å². The average molecular weight is 297 g/mol. The fraction of sp³-hybridized carbons (Fsp3) is 0.462. The lowest BCUT2D eigenvalue weighted by atomic mass is 10.1. The molecule has 0 spiro atoms. The molecule has 4 heteroatoms. The zero-order chi connectivity index (χ0) is 12.3. The van der Waals surface area contributed by atoms with Crippen LogP contribution in [-0.2, 0) is 4.79 Å². The Bertz CT molecular complexity index is 402. The molecule has 2 rings (SSSR count). The Hall–Kier alpha value is -0.870. The molecule has 0 bridgehead atoms. The van der Waals surface area contributed by atoms with Crippen LogP contribution in [0.5, 0.6) is 0 Å². The van der Waals surface area contributed by atoms with Crippen LogP contribution in [0.1, 0.15) is 19.3 Å². The van der Waals surface area contributed by atoms with Crippen LogP contribution in [0.2, 0.25) is 0 Å². The second-order valence-electron chi connectivity index (χ2n) is 4.43. The van der Waals surface area contributed by atoms with Crippen molar-refractivity contribution in [3.05, 3.63) is 28.7 Å². The number of benzene rings is 1. The van der Waals surface area contributed by atoms with E-state index in [9.17, 15) is 4.79 Å². The third kappa shape index (κ3) is 3.30. The molecule has 1 heterocycles. The molecule has 0 aliphatic carbocycles. The van der Waals surface area contributed by atoms with Gasteiger partial charge in [-0.25, -0.2) is 0 Å². The summed E-state index contributed by atoms with van der Waals surface area (Å²) in [7, 11) is 1.83. The minimum Gasteiger partial charge on any atom is -0.315 e. The number of carbonyl (C=O) groups excluding carboxylic acids is 1. The van der Waals surface area contributed by atoms with Crippen LogP contribution in [0, 0.1) is 0 Å². The molecule has 17 heavy (non-hydrogen) atoms. The number of hydrogen-bond donors (Lipinski definition) is 1. The van der Waals surface area contributed by atoms with E-state index in [1.165, 1.54) is 6.42 Å². The SMILES string of the molecule is CN(C(=O)CC1CCCN1)c1cccc(Br)c1. The number of hydrogen-bond acceptors (Lipinski definition) is 2. The van der Waals surface area contributed by atoms with Gasteiger partial charge in [-0.1, -0.05) is 22.0 Å². The molecule has 0 saturated carbocycles. The Morgan fingerprint density at radius 1 is 1.59 bits per heavy atom. The molecule has 1 amide bonds. The maximum atomic E-state index is 12.1. The van der Waals surface area contributed by atoms with Gasteiger partial charge in [0.05, 0.1) is 0 Å². The van der Waals surface area contributed by atoms with E-state index in [4.69, 9.17) is 0 Å². The molecule has 1 unspecified atom stereocenters. The van der Waals surface area contributed by atoms with Crippen molar-refractivity contribution in [2.45, 2.75) is 25.3 Å². The van der Waals surface area contributed by atoms with E-state index in [1.807, 2.05) is 31.3 Å². The zero-order valence-electron chi connectivity index (χ0n) is 9.95. The minimum absolute atomic E-state index is 0.169. The fourth-order valence-corrected chi connectivity index (χ4v) is 2.49. The summed E-state index contributed by atoms with van der Waals surface area (Å²) >= 11 is 3.42. The van der Waals surface area contributed by atoms with Crippen LogP contribution < -0.4 is 10.2 Å². The van der Waals surface area contributed by atoms with Gasteiger partial charge in [0.25, 0.3) is 0 Å². The van der Waals surface area contributed by atoms with Crippen molar-refractivity contribution in [2.24, 2.45) is 0 Å². The molecule has 1 aliphatic heterocycles. The lowest BCUT2D eigenvalue weighted by molar-refractivity contribution is -0.118. The highest BCUT2D eigenvalue weighted by Gasteiger charge is 2.20. The van der Waals surface area contributed by atoms with Gasteiger partial charge in [-0.3, -0.25) is 4.79 Å². The smallest absolute Gasteiger partial charge is 0.228 e. The summed E-state index contributed by atoms with van der Waals surface area (Å²) < 4.78 is 0.994. The molecular formula is C13H17BrN2O. The molecule has 1 atom stereocenters. The molecule has 3 nitrogen and oxygen atoms in total. The summed E-state index contributed by atoms with van der Waals surface area (Å²) in [6, 6.07) is 8.17. The molecule has 1 aliphatic rings. The van der Waals surface area contributed by atoms with Crippen LogP contribution in [0.25, 0.3) is 0 Å². The van der Waals surface area contributed by atoms with Gasteiger partial charge in [0.15, 0.2) is 0 Å². The zero-order valence-corrected chi connectivity index (χ0v) is 11.5. The number of carbonyl (C=O) groups is 1. The van der Waals surface area contributed by atoms with Crippen molar-refractivity contribution in [1.82, 2.24) is 5.32 Å². The Morgan fingerprint density at radius 3 is 3.06 bits per heavy atom. The fourth-order valence-electron chi connectivity index (χ4n) is 2.11. The molecule has 1 aromatic rings. The van der Waals surface area contributed by atoms with Crippen LogP contribution in [0.3, 0.4) is 0 Å². The topological polar surface area (TPSA) is 32.3 Å². The highest BCUT2D eigenvalue weighted by atomic mass is 79.9. The standard InChI is InChI=1S/C13H17BrN2O/c1-16(12-6-2-4-10(14)8-12)13(17)9-11-5-3-7-15-11/h2,4,6,8,11,15H,3,5,7,9H2,1H3. The number of nitrogens with one attached hydrogen (secondary N) is 1. The van der Waals surface area contributed by atoms with Crippen LogP contribution >= 0.6 is 15.9 Å². The van der Waals surface area contributed by atoms with E-state index in [-0.39, 0.29) is 5.91 Å². The van der Waals surface area contributed by atoms with E-state index >= 15 is 0 Å². The quantitative estimate of drug-likeness (QED) is 0.930. The Balaban J connectivity index is 1.98. The summed E-state index contributed by atoms with van der Waals surface area (Å²) in [5.74, 6) is 0.169. The maximum Gasteiger partial charge on any atom is 0.228 e. The first kappa shape index (κ1) is 12.6. The van der Waals surface area contributed by atoms with Crippen LogP contribution in [0.15, 0.2) is 28.7 Å². The summed E-state index contributed by atoms with van der Waals surface area (Å²) in [6.07, 6.45) is 2.87. The molecule has 0 radical (unpaired) electrons. The second-order valence-corrected chi connectivity index (χ2v) is 5.35. The van der Waals surface area contributed by atoms with Crippen LogP contribution in [-0.4, -0.2) is 25.5 Å². The van der Waals surface area contributed by atoms with Crippen molar-refractivity contribution in [3.63, 3.8) is 0 Å². The van der Waals surface area contributed by atoms with Crippen molar-refractivity contribution in [1.29, 1.82) is 0 Å². The van der Waals surface area contributed by atoms with Gasteiger partial charge >= 0.3 is 0 Å². The average Bonchev–Trinajstić information content (AvgIpc) is 2.80. The van der Waals surface area contributed by atoms with Crippen molar-refractivity contribution in [3.8, 4) is 0 Å². The lowest BCUT2D eigenvalue weighted by Crippen LogP contribution is -2.33. The highest BCUT2D eigenvalue weighted by molar-refractivity contribution is 9.10. The van der Waals surface area contributed by atoms with E-state index in [1.54, 1.807) is 4.90 Å². The molecule has 1 fully saturated rings. The Morgan fingerprint density at radius 2 is 2.41 bits per heavy atom. The molecule has 1 saturated heterocycles. The molecule has 1 aromatic carbocycles. The summed E-state index contributed by atoms with van der Waals surface area (Å²) in [4.78, 5) is 13.8. The van der Waals surface area contributed by atoms with Gasteiger partial charge in [-0.05, 0) is 37.6 Å². The summed E-state index contributed by atoms with van der Waals surface area (Å²) in [5, 5.41) is 3.35. The first-order valence-corrected chi connectivity index (χ1v) is 6.71. The van der Waals surface area contributed by atoms with Crippen molar-refractivity contribution >= 4 is 27.5 Å². The lowest BCUT2D eigenvalue weighted by Gasteiger charge is -2.19. The van der Waals surface area contributed by atoms with E-state index < -0.39 is 0 Å². The monoisotopic (exact) mass is 296 g/mol. The van der Waals surface area contributed by atoms with E-state index in [0.717, 1.165) is 23.1 Å². The largest absolute Gasteiger partial charge is 0.315 e. The second kappa shape index (κ2) is 5.65. The molecule has 92 valence electrons. The van der Waals surface area contributed by atoms with Gasteiger partial charge < -0.3 is 10.2 Å². The highest BCUT2D eigenvalue weighted by Crippen LogP contribution is 2.20. The van der Waals surface area contributed by atoms with E-state index in [0.29, 0.717) is 12.5 Å². The third-order valence-corrected chi connectivity index (χ3v) is 3.65. The number of amides is 1. The van der Waals surface area contributed by atoms with Crippen LogP contribution in [0.4, 0.5) is 5.69 Å². The Labute approximate surface area is 110 Å². The normalized spacial score (nSPS) is 19.3. The van der Waals surface area contributed by atoms with Crippen molar-refractivity contribution < 1.29 is 4.79 Å². The van der Waals surface area contributed by atoms with E-state index in [2.05, 4.69) is 21.2 Å². The van der Waals surface area contributed by atoms with Gasteiger partial charge in [0.2, 0.25) is 5.91 Å². The first-order chi connectivity index (χ1) is 8.16. The molecular weight excluding hydrogens is 280 g/mol.